The normalized spacial score (nSPS) is 11.5. The zero-order valence-electron chi connectivity index (χ0n) is 10.4. The molecule has 2 aromatic rings. The summed E-state index contributed by atoms with van der Waals surface area (Å²) in [5, 5.41) is 12.2. The van der Waals surface area contributed by atoms with Gasteiger partial charge in [0.1, 0.15) is 0 Å². The largest absolute Gasteiger partial charge is 0.409 e. The molecule has 0 bridgehead atoms. The minimum atomic E-state index is -0.204. The molecule has 1 heterocycles. The Balaban J connectivity index is 2.36. The molecule has 2 rings (SSSR count). The van der Waals surface area contributed by atoms with Crippen molar-refractivity contribution in [3.05, 3.63) is 42.1 Å². The fourth-order valence-electron chi connectivity index (χ4n) is 1.83. The van der Waals surface area contributed by atoms with Crippen molar-refractivity contribution in [2.24, 2.45) is 10.9 Å². The van der Waals surface area contributed by atoms with Crippen molar-refractivity contribution in [3.63, 3.8) is 0 Å². The van der Waals surface area contributed by atoms with Crippen molar-refractivity contribution in [1.29, 1.82) is 0 Å². The van der Waals surface area contributed by atoms with Gasteiger partial charge in [0, 0.05) is 18.6 Å². The number of fused-ring (bicyclic) bond motifs is 1. The molecule has 6 heteroatoms. The lowest BCUT2D eigenvalue weighted by atomic mass is 10.1. The molecule has 0 saturated carbocycles. The van der Waals surface area contributed by atoms with Crippen LogP contribution in [0.3, 0.4) is 0 Å². The van der Waals surface area contributed by atoms with Crippen LogP contribution in [0.25, 0.3) is 10.9 Å². The lowest BCUT2D eigenvalue weighted by molar-refractivity contribution is 0.0815. The molecule has 0 spiro atoms. The van der Waals surface area contributed by atoms with Crippen LogP contribution >= 0.6 is 0 Å². The van der Waals surface area contributed by atoms with Gasteiger partial charge in [0.05, 0.1) is 17.6 Å². The van der Waals surface area contributed by atoms with Gasteiger partial charge in [-0.15, -0.1) is 0 Å². The van der Waals surface area contributed by atoms with Gasteiger partial charge in [0.25, 0.3) is 5.91 Å². The van der Waals surface area contributed by atoms with Crippen LogP contribution < -0.4 is 5.73 Å². The van der Waals surface area contributed by atoms with E-state index in [1.165, 1.54) is 4.90 Å². The van der Waals surface area contributed by atoms with Gasteiger partial charge in [0.2, 0.25) is 0 Å². The zero-order chi connectivity index (χ0) is 13.8. The Morgan fingerprint density at radius 1 is 1.42 bits per heavy atom. The number of hydrogen-bond acceptors (Lipinski definition) is 4. The molecule has 3 N–H and O–H groups in total. The molecule has 0 saturated heterocycles. The fraction of sp³-hybridized carbons (Fsp3) is 0.154. The van der Waals surface area contributed by atoms with Crippen molar-refractivity contribution in [3.8, 4) is 0 Å². The topological polar surface area (TPSA) is 91.8 Å². The SMILES string of the molecule is CN(C/C(N)=N/O)C(=O)c1ccnc2ccccc12. The zero-order valence-corrected chi connectivity index (χ0v) is 10.4. The Labute approximate surface area is 110 Å². The number of aromatic nitrogens is 1. The number of para-hydroxylation sites is 1. The third kappa shape index (κ3) is 2.62. The molecule has 0 aliphatic rings. The minimum Gasteiger partial charge on any atom is -0.409 e. The van der Waals surface area contributed by atoms with Crippen LogP contribution in [0.4, 0.5) is 0 Å². The van der Waals surface area contributed by atoms with E-state index in [4.69, 9.17) is 10.9 Å². The molecule has 98 valence electrons. The Bertz CT molecular complexity index is 634. The number of amidine groups is 1. The number of nitrogens with zero attached hydrogens (tertiary/aromatic N) is 3. The van der Waals surface area contributed by atoms with Crippen LogP contribution in [-0.4, -0.2) is 40.4 Å². The summed E-state index contributed by atoms with van der Waals surface area (Å²) in [6, 6.07) is 9.06. The summed E-state index contributed by atoms with van der Waals surface area (Å²) >= 11 is 0. The van der Waals surface area contributed by atoms with E-state index in [-0.39, 0.29) is 18.3 Å². The predicted octanol–water partition coefficient (Wildman–Crippen LogP) is 1.05. The van der Waals surface area contributed by atoms with Crippen LogP contribution in [0.1, 0.15) is 10.4 Å². The monoisotopic (exact) mass is 258 g/mol. The maximum Gasteiger partial charge on any atom is 0.254 e. The molecule has 0 unspecified atom stereocenters. The van der Waals surface area contributed by atoms with Crippen molar-refractivity contribution in [2.75, 3.05) is 13.6 Å². The first-order chi connectivity index (χ1) is 9.13. The van der Waals surface area contributed by atoms with E-state index in [0.717, 1.165) is 10.9 Å². The molecular weight excluding hydrogens is 244 g/mol. The summed E-state index contributed by atoms with van der Waals surface area (Å²) in [5.41, 5.74) is 6.69. The maximum absolute atomic E-state index is 12.3. The third-order valence-corrected chi connectivity index (χ3v) is 2.75. The number of carbonyl (C=O) groups is 1. The summed E-state index contributed by atoms with van der Waals surface area (Å²) in [6.07, 6.45) is 1.59. The van der Waals surface area contributed by atoms with Gasteiger partial charge < -0.3 is 15.8 Å². The molecule has 0 aliphatic heterocycles. The van der Waals surface area contributed by atoms with Crippen LogP contribution in [0.2, 0.25) is 0 Å². The molecule has 0 radical (unpaired) electrons. The Kier molecular flexibility index (Phi) is 3.61. The predicted molar refractivity (Wildman–Crippen MR) is 72.1 cm³/mol. The summed E-state index contributed by atoms with van der Waals surface area (Å²) in [5.74, 6) is -0.223. The molecule has 0 aliphatic carbocycles. The number of rotatable bonds is 3. The van der Waals surface area contributed by atoms with Crippen molar-refractivity contribution < 1.29 is 10.0 Å². The molecular formula is C13H14N4O2. The standard InChI is InChI=1S/C13H14N4O2/c1-17(8-12(14)16-19)13(18)10-6-7-15-11-5-3-2-4-9(10)11/h2-7,19H,8H2,1H3,(H2,14,16). The van der Waals surface area contributed by atoms with Gasteiger partial charge >= 0.3 is 0 Å². The number of hydrogen-bond donors (Lipinski definition) is 2. The van der Waals surface area contributed by atoms with Crippen molar-refractivity contribution in [2.45, 2.75) is 0 Å². The highest BCUT2D eigenvalue weighted by Crippen LogP contribution is 2.17. The smallest absolute Gasteiger partial charge is 0.254 e. The number of pyridine rings is 1. The van der Waals surface area contributed by atoms with Gasteiger partial charge in [-0.05, 0) is 12.1 Å². The Morgan fingerprint density at radius 2 is 2.16 bits per heavy atom. The van der Waals surface area contributed by atoms with Gasteiger partial charge in [-0.3, -0.25) is 9.78 Å². The molecule has 19 heavy (non-hydrogen) atoms. The third-order valence-electron chi connectivity index (χ3n) is 2.75. The van der Waals surface area contributed by atoms with E-state index in [1.54, 1.807) is 19.3 Å². The number of oxime groups is 1. The number of nitrogens with two attached hydrogens (primary N) is 1. The van der Waals surface area contributed by atoms with Crippen LogP contribution in [-0.2, 0) is 0 Å². The van der Waals surface area contributed by atoms with E-state index < -0.39 is 0 Å². The van der Waals surface area contributed by atoms with Crippen LogP contribution in [0, 0.1) is 0 Å². The van der Waals surface area contributed by atoms with Gasteiger partial charge in [-0.2, -0.15) is 0 Å². The van der Waals surface area contributed by atoms with E-state index in [1.807, 2.05) is 24.3 Å². The van der Waals surface area contributed by atoms with Gasteiger partial charge in [0.15, 0.2) is 5.84 Å². The highest BCUT2D eigenvalue weighted by Gasteiger charge is 2.15. The molecule has 6 nitrogen and oxygen atoms in total. The highest BCUT2D eigenvalue weighted by atomic mass is 16.4. The molecule has 1 aromatic carbocycles. The first-order valence-corrected chi connectivity index (χ1v) is 5.69. The first-order valence-electron chi connectivity index (χ1n) is 5.69. The second-order valence-electron chi connectivity index (χ2n) is 4.13. The lowest BCUT2D eigenvalue weighted by Crippen LogP contribution is -2.35. The summed E-state index contributed by atoms with van der Waals surface area (Å²) in [4.78, 5) is 17.9. The van der Waals surface area contributed by atoms with Gasteiger partial charge in [-0.1, -0.05) is 23.4 Å². The van der Waals surface area contributed by atoms with Crippen LogP contribution in [0.15, 0.2) is 41.7 Å². The average molecular weight is 258 g/mol. The number of likely N-dealkylation sites (N-methyl/N-ethyl adjacent to an activating group) is 1. The average Bonchev–Trinajstić information content (AvgIpc) is 2.45. The second kappa shape index (κ2) is 5.34. The molecule has 1 amide bonds. The molecule has 0 atom stereocenters. The summed E-state index contributed by atoms with van der Waals surface area (Å²) in [6.45, 7) is 0.0615. The number of carbonyl (C=O) groups excluding carboxylic acids is 1. The summed E-state index contributed by atoms with van der Waals surface area (Å²) < 4.78 is 0. The second-order valence-corrected chi connectivity index (χ2v) is 4.13. The van der Waals surface area contributed by atoms with Crippen molar-refractivity contribution in [1.82, 2.24) is 9.88 Å². The lowest BCUT2D eigenvalue weighted by Gasteiger charge is -2.17. The first kappa shape index (κ1) is 12.8. The molecule has 1 aromatic heterocycles. The van der Waals surface area contributed by atoms with E-state index in [0.29, 0.717) is 5.56 Å². The van der Waals surface area contributed by atoms with Gasteiger partial charge in [-0.25, -0.2) is 0 Å². The Morgan fingerprint density at radius 3 is 2.89 bits per heavy atom. The van der Waals surface area contributed by atoms with Crippen LogP contribution in [0.5, 0.6) is 0 Å². The highest BCUT2D eigenvalue weighted by molar-refractivity contribution is 6.06. The minimum absolute atomic E-state index is 0.0192. The fourth-order valence-corrected chi connectivity index (χ4v) is 1.83. The molecule has 0 fully saturated rings. The number of benzene rings is 1. The Hall–Kier alpha value is -2.63. The van der Waals surface area contributed by atoms with E-state index >= 15 is 0 Å². The summed E-state index contributed by atoms with van der Waals surface area (Å²) in [7, 11) is 1.59. The van der Waals surface area contributed by atoms with E-state index in [9.17, 15) is 4.79 Å². The maximum atomic E-state index is 12.3. The van der Waals surface area contributed by atoms with Crippen molar-refractivity contribution >= 4 is 22.6 Å². The quantitative estimate of drug-likeness (QED) is 0.372. The number of amides is 1. The van der Waals surface area contributed by atoms with E-state index in [2.05, 4.69) is 10.1 Å².